The molecular weight excluding hydrogens is 360 g/mol. The lowest BCUT2D eigenvalue weighted by atomic mass is 10.0. The largest absolute Gasteiger partial charge is 0.354 e. The molecule has 0 radical (unpaired) electrons. The third-order valence-corrected chi connectivity index (χ3v) is 5.05. The SMILES string of the molecule is CC(C)c1ccc(NC(=O)C[C@H](C)CC(=O)N[C@H](C)CCc2ccccc2)cc1. The number of hydrogen-bond donors (Lipinski definition) is 2. The van der Waals surface area contributed by atoms with Crippen LogP contribution >= 0.6 is 0 Å². The summed E-state index contributed by atoms with van der Waals surface area (Å²) in [5, 5.41) is 5.97. The Kier molecular flexibility index (Phi) is 8.91. The zero-order chi connectivity index (χ0) is 21.2. The van der Waals surface area contributed by atoms with Gasteiger partial charge in [0, 0.05) is 24.6 Å². The molecule has 2 N–H and O–H groups in total. The summed E-state index contributed by atoms with van der Waals surface area (Å²) in [7, 11) is 0. The first-order valence-electron chi connectivity index (χ1n) is 10.6. The van der Waals surface area contributed by atoms with Crippen LogP contribution in [0.1, 0.15) is 64.0 Å². The second-order valence-corrected chi connectivity index (χ2v) is 8.33. The zero-order valence-corrected chi connectivity index (χ0v) is 18.1. The Balaban J connectivity index is 1.69. The topological polar surface area (TPSA) is 58.2 Å². The molecule has 29 heavy (non-hydrogen) atoms. The van der Waals surface area contributed by atoms with E-state index < -0.39 is 0 Å². The summed E-state index contributed by atoms with van der Waals surface area (Å²) in [6.45, 7) is 8.25. The molecule has 0 aliphatic rings. The normalized spacial score (nSPS) is 13.0. The minimum atomic E-state index is -0.0558. The molecule has 0 bridgehead atoms. The smallest absolute Gasteiger partial charge is 0.224 e. The van der Waals surface area contributed by atoms with Gasteiger partial charge in [-0.05, 0) is 54.9 Å². The van der Waals surface area contributed by atoms with Gasteiger partial charge in [-0.3, -0.25) is 9.59 Å². The summed E-state index contributed by atoms with van der Waals surface area (Å²) < 4.78 is 0. The van der Waals surface area contributed by atoms with Crippen LogP contribution in [0.4, 0.5) is 5.69 Å². The lowest BCUT2D eigenvalue weighted by molar-refractivity contribution is -0.123. The van der Waals surface area contributed by atoms with Crippen molar-refractivity contribution < 1.29 is 9.59 Å². The van der Waals surface area contributed by atoms with Crippen molar-refractivity contribution in [3.8, 4) is 0 Å². The quantitative estimate of drug-likeness (QED) is 0.574. The predicted molar refractivity (Wildman–Crippen MR) is 120 cm³/mol. The highest BCUT2D eigenvalue weighted by atomic mass is 16.2. The maximum absolute atomic E-state index is 12.3. The van der Waals surface area contributed by atoms with E-state index in [4.69, 9.17) is 0 Å². The minimum Gasteiger partial charge on any atom is -0.354 e. The van der Waals surface area contributed by atoms with Crippen molar-refractivity contribution in [2.45, 2.75) is 65.3 Å². The van der Waals surface area contributed by atoms with E-state index in [0.29, 0.717) is 18.8 Å². The van der Waals surface area contributed by atoms with Crippen molar-refractivity contribution in [3.05, 3.63) is 65.7 Å². The molecule has 0 fully saturated rings. The Hall–Kier alpha value is -2.62. The molecule has 2 aromatic rings. The van der Waals surface area contributed by atoms with E-state index >= 15 is 0 Å². The molecule has 0 saturated heterocycles. The van der Waals surface area contributed by atoms with Crippen LogP contribution < -0.4 is 10.6 Å². The summed E-state index contributed by atoms with van der Waals surface area (Å²) in [6, 6.07) is 18.3. The first-order valence-corrected chi connectivity index (χ1v) is 10.6. The molecular formula is C25H34N2O2. The Morgan fingerprint density at radius 1 is 0.828 bits per heavy atom. The molecule has 4 heteroatoms. The number of carbonyl (C=O) groups is 2. The molecule has 4 nitrogen and oxygen atoms in total. The molecule has 156 valence electrons. The van der Waals surface area contributed by atoms with Gasteiger partial charge in [-0.1, -0.05) is 63.2 Å². The summed E-state index contributed by atoms with van der Waals surface area (Å²) in [5.74, 6) is 0.409. The van der Waals surface area contributed by atoms with Gasteiger partial charge in [0.1, 0.15) is 0 Å². The Bertz CT molecular complexity index is 769. The van der Waals surface area contributed by atoms with Crippen LogP contribution in [0.3, 0.4) is 0 Å². The molecule has 0 unspecified atom stereocenters. The van der Waals surface area contributed by atoms with E-state index in [1.165, 1.54) is 11.1 Å². The van der Waals surface area contributed by atoms with Crippen molar-refractivity contribution in [1.82, 2.24) is 5.32 Å². The maximum atomic E-state index is 12.3. The van der Waals surface area contributed by atoms with E-state index in [-0.39, 0.29) is 23.8 Å². The van der Waals surface area contributed by atoms with Crippen LogP contribution in [0, 0.1) is 5.92 Å². The molecule has 0 aromatic heterocycles. The molecule has 2 aromatic carbocycles. The summed E-state index contributed by atoms with van der Waals surface area (Å²) in [6.07, 6.45) is 2.53. The van der Waals surface area contributed by atoms with Crippen LogP contribution in [0.15, 0.2) is 54.6 Å². The lowest BCUT2D eigenvalue weighted by Crippen LogP contribution is -2.34. The van der Waals surface area contributed by atoms with Crippen molar-refractivity contribution in [2.75, 3.05) is 5.32 Å². The first kappa shape index (κ1) is 22.7. The van der Waals surface area contributed by atoms with Gasteiger partial charge in [0.15, 0.2) is 0 Å². The monoisotopic (exact) mass is 394 g/mol. The number of anilines is 1. The van der Waals surface area contributed by atoms with Crippen molar-refractivity contribution in [3.63, 3.8) is 0 Å². The molecule has 0 aliphatic carbocycles. The number of aryl methyl sites for hydroxylation is 1. The lowest BCUT2D eigenvalue weighted by Gasteiger charge is -2.16. The van der Waals surface area contributed by atoms with Crippen LogP contribution in [0.5, 0.6) is 0 Å². The molecule has 2 amide bonds. The van der Waals surface area contributed by atoms with Crippen LogP contribution in [0.2, 0.25) is 0 Å². The minimum absolute atomic E-state index is 0.00662. The van der Waals surface area contributed by atoms with Crippen molar-refractivity contribution in [1.29, 1.82) is 0 Å². The molecule has 0 heterocycles. The second kappa shape index (κ2) is 11.4. The third-order valence-electron chi connectivity index (χ3n) is 5.05. The van der Waals surface area contributed by atoms with Crippen LogP contribution in [-0.2, 0) is 16.0 Å². The van der Waals surface area contributed by atoms with Gasteiger partial charge in [0.05, 0.1) is 0 Å². The summed E-state index contributed by atoms with van der Waals surface area (Å²) in [5.41, 5.74) is 3.32. The van der Waals surface area contributed by atoms with Crippen LogP contribution in [0.25, 0.3) is 0 Å². The molecule has 0 spiro atoms. The highest BCUT2D eigenvalue weighted by molar-refractivity contribution is 5.91. The highest BCUT2D eigenvalue weighted by Crippen LogP contribution is 2.18. The standard InChI is InChI=1S/C25H34N2O2/c1-18(2)22-12-14-23(15-13-22)27-25(29)17-19(3)16-24(28)26-20(4)10-11-21-8-6-5-7-9-21/h5-9,12-15,18-20H,10-11,16-17H2,1-4H3,(H,26,28)(H,27,29)/t19-,20-/m1/s1. The number of carbonyl (C=O) groups excluding carboxylic acids is 2. The fourth-order valence-electron chi connectivity index (χ4n) is 3.30. The fourth-order valence-corrected chi connectivity index (χ4v) is 3.30. The van der Waals surface area contributed by atoms with E-state index in [1.54, 1.807) is 0 Å². The number of rotatable bonds is 10. The summed E-state index contributed by atoms with van der Waals surface area (Å²) >= 11 is 0. The number of hydrogen-bond acceptors (Lipinski definition) is 2. The Morgan fingerprint density at radius 2 is 1.45 bits per heavy atom. The number of nitrogens with one attached hydrogen (secondary N) is 2. The average molecular weight is 395 g/mol. The second-order valence-electron chi connectivity index (χ2n) is 8.33. The average Bonchev–Trinajstić information content (AvgIpc) is 2.67. The van der Waals surface area contributed by atoms with Gasteiger partial charge >= 0.3 is 0 Å². The molecule has 0 aliphatic heterocycles. The van der Waals surface area contributed by atoms with E-state index in [9.17, 15) is 9.59 Å². The third kappa shape index (κ3) is 8.51. The first-order chi connectivity index (χ1) is 13.8. The zero-order valence-electron chi connectivity index (χ0n) is 18.1. The van der Waals surface area contributed by atoms with Gasteiger partial charge in [-0.15, -0.1) is 0 Å². The number of amides is 2. The fraction of sp³-hybridized carbons (Fsp3) is 0.440. The van der Waals surface area contributed by atoms with E-state index in [1.807, 2.05) is 56.3 Å². The predicted octanol–water partition coefficient (Wildman–Crippen LogP) is 5.30. The van der Waals surface area contributed by atoms with Gasteiger partial charge in [0.2, 0.25) is 11.8 Å². The van der Waals surface area contributed by atoms with Gasteiger partial charge in [-0.25, -0.2) is 0 Å². The molecule has 2 rings (SSSR count). The van der Waals surface area contributed by atoms with Gasteiger partial charge in [-0.2, -0.15) is 0 Å². The summed E-state index contributed by atoms with van der Waals surface area (Å²) in [4.78, 5) is 24.5. The highest BCUT2D eigenvalue weighted by Gasteiger charge is 2.15. The van der Waals surface area contributed by atoms with Crippen LogP contribution in [-0.4, -0.2) is 17.9 Å². The Labute approximate surface area is 175 Å². The van der Waals surface area contributed by atoms with E-state index in [0.717, 1.165) is 18.5 Å². The maximum Gasteiger partial charge on any atom is 0.224 e. The van der Waals surface area contributed by atoms with Crippen molar-refractivity contribution >= 4 is 17.5 Å². The molecule has 0 saturated carbocycles. The van der Waals surface area contributed by atoms with Crippen molar-refractivity contribution in [2.24, 2.45) is 5.92 Å². The van der Waals surface area contributed by atoms with E-state index in [2.05, 4.69) is 36.6 Å². The molecule has 2 atom stereocenters. The Morgan fingerprint density at radius 3 is 2.07 bits per heavy atom. The van der Waals surface area contributed by atoms with Gasteiger partial charge < -0.3 is 10.6 Å². The van der Waals surface area contributed by atoms with Gasteiger partial charge in [0.25, 0.3) is 0 Å². The number of benzene rings is 2.